The van der Waals surface area contributed by atoms with Gasteiger partial charge in [0.05, 0.1) is 22.0 Å². The second-order valence-electron chi connectivity index (χ2n) is 5.71. The fraction of sp³-hybridized carbons (Fsp3) is 0.0526. The van der Waals surface area contributed by atoms with Crippen molar-refractivity contribution < 1.29 is 14.6 Å². The van der Waals surface area contributed by atoms with Crippen molar-refractivity contribution in [2.75, 3.05) is 0 Å². The third kappa shape index (κ3) is 4.01. The van der Waals surface area contributed by atoms with Crippen LogP contribution in [0.25, 0.3) is 5.57 Å². The number of amides is 1. The van der Waals surface area contributed by atoms with Crippen LogP contribution in [0.3, 0.4) is 0 Å². The Morgan fingerprint density at radius 1 is 0.889 bits per heavy atom. The van der Waals surface area contributed by atoms with Gasteiger partial charge >= 0.3 is 0 Å². The van der Waals surface area contributed by atoms with Crippen LogP contribution in [0.2, 0.25) is 0 Å². The predicted octanol–water partition coefficient (Wildman–Crippen LogP) is 3.82. The van der Waals surface area contributed by atoms with Gasteiger partial charge < -0.3 is 0 Å². The number of hydrogen-bond acceptors (Lipinski definition) is 5. The van der Waals surface area contributed by atoms with Crippen LogP contribution in [-0.4, -0.2) is 21.5 Å². The average Bonchev–Trinajstić information content (AvgIpc) is 2.68. The van der Waals surface area contributed by atoms with Gasteiger partial charge in [0.2, 0.25) is 0 Å². The van der Waals surface area contributed by atoms with Crippen molar-refractivity contribution in [2.45, 2.75) is 6.42 Å². The Morgan fingerprint density at radius 2 is 1.56 bits per heavy atom. The van der Waals surface area contributed by atoms with Gasteiger partial charge in [-0.3, -0.25) is 25.0 Å². The van der Waals surface area contributed by atoms with E-state index in [2.05, 4.69) is 4.99 Å². The second kappa shape index (κ2) is 7.52. The van der Waals surface area contributed by atoms with E-state index in [9.17, 15) is 25.0 Å². The number of nitro benzene ring substituents is 1. The summed E-state index contributed by atoms with van der Waals surface area (Å²) in [6, 6.07) is 14.1. The molecule has 1 aliphatic rings. The summed E-state index contributed by atoms with van der Waals surface area (Å²) in [6.45, 7) is 0. The van der Waals surface area contributed by atoms with Crippen LogP contribution in [0.4, 0.5) is 5.69 Å². The maximum absolute atomic E-state index is 12.4. The van der Waals surface area contributed by atoms with Crippen LogP contribution in [-0.2, 0) is 0 Å². The Bertz CT molecular complexity index is 1010. The lowest BCUT2D eigenvalue weighted by molar-refractivity contribution is -0.426. The molecule has 2 aromatic rings. The van der Waals surface area contributed by atoms with E-state index in [0.717, 1.165) is 0 Å². The summed E-state index contributed by atoms with van der Waals surface area (Å²) in [6.07, 6.45) is 2.73. The molecule has 0 radical (unpaired) electrons. The first-order valence-corrected chi connectivity index (χ1v) is 7.93. The molecule has 0 aliphatic heterocycles. The highest BCUT2D eigenvalue weighted by molar-refractivity contribution is 6.28. The predicted molar refractivity (Wildman–Crippen MR) is 99.0 cm³/mol. The largest absolute Gasteiger partial charge is 0.277 e. The van der Waals surface area contributed by atoms with Crippen molar-refractivity contribution in [1.29, 1.82) is 0 Å². The number of nitro groups is 2. The number of benzene rings is 2. The van der Waals surface area contributed by atoms with E-state index in [1.807, 2.05) is 0 Å². The molecule has 1 aliphatic carbocycles. The van der Waals surface area contributed by atoms with Crippen LogP contribution in [0, 0.1) is 20.2 Å². The summed E-state index contributed by atoms with van der Waals surface area (Å²) in [7, 11) is 0. The lowest BCUT2D eigenvalue weighted by atomic mass is 9.93. The first-order valence-electron chi connectivity index (χ1n) is 7.93. The maximum atomic E-state index is 12.4. The van der Waals surface area contributed by atoms with Crippen LogP contribution in [0.5, 0.6) is 0 Å². The standard InChI is InChI=1S/C19H13N3O5/c23-19(14-4-2-1-3-5-14)20-18-12-16(22(26)27)10-11-17(18)13-6-8-15(9-7-13)21(24)25/h1-11H,12H2. The zero-order valence-electron chi connectivity index (χ0n) is 13.9. The molecule has 1 amide bonds. The highest BCUT2D eigenvalue weighted by Gasteiger charge is 2.24. The minimum absolute atomic E-state index is 0.0736. The Hall–Kier alpha value is -3.94. The summed E-state index contributed by atoms with van der Waals surface area (Å²) in [5.41, 5.74) is 1.55. The lowest BCUT2D eigenvalue weighted by Gasteiger charge is -2.13. The van der Waals surface area contributed by atoms with Crippen molar-refractivity contribution in [3.05, 3.63) is 104 Å². The van der Waals surface area contributed by atoms with Crippen LogP contribution in [0.15, 0.2) is 77.4 Å². The third-order valence-corrected chi connectivity index (χ3v) is 3.98. The number of allylic oxidation sites excluding steroid dienone is 4. The van der Waals surface area contributed by atoms with Gasteiger partial charge in [0.25, 0.3) is 17.3 Å². The van der Waals surface area contributed by atoms with Crippen molar-refractivity contribution in [2.24, 2.45) is 4.99 Å². The third-order valence-electron chi connectivity index (χ3n) is 3.98. The number of non-ortho nitro benzene ring substituents is 1. The average molecular weight is 363 g/mol. The van der Waals surface area contributed by atoms with Gasteiger partial charge in [0.15, 0.2) is 0 Å². The van der Waals surface area contributed by atoms with Crippen molar-refractivity contribution in [1.82, 2.24) is 0 Å². The number of rotatable bonds is 4. The van der Waals surface area contributed by atoms with Crippen molar-refractivity contribution in [3.63, 3.8) is 0 Å². The molecule has 2 aromatic carbocycles. The molecular formula is C19H13N3O5. The van der Waals surface area contributed by atoms with E-state index in [0.29, 0.717) is 16.7 Å². The molecule has 0 saturated heterocycles. The van der Waals surface area contributed by atoms with E-state index < -0.39 is 15.8 Å². The summed E-state index contributed by atoms with van der Waals surface area (Å²) in [4.78, 5) is 37.4. The second-order valence-corrected chi connectivity index (χ2v) is 5.71. The smallest absolute Gasteiger partial charge is 0.267 e. The number of hydrogen-bond donors (Lipinski definition) is 0. The van der Waals surface area contributed by atoms with Gasteiger partial charge in [-0.15, -0.1) is 0 Å². The molecule has 0 N–H and O–H groups in total. The van der Waals surface area contributed by atoms with Gasteiger partial charge in [-0.1, -0.05) is 18.2 Å². The van der Waals surface area contributed by atoms with E-state index in [1.54, 1.807) is 30.3 Å². The topological polar surface area (TPSA) is 116 Å². The summed E-state index contributed by atoms with van der Waals surface area (Å²) >= 11 is 0. The van der Waals surface area contributed by atoms with E-state index in [1.165, 1.54) is 36.4 Å². The van der Waals surface area contributed by atoms with Crippen LogP contribution in [0.1, 0.15) is 22.3 Å². The minimum atomic E-state index is -0.522. The zero-order valence-corrected chi connectivity index (χ0v) is 13.9. The monoisotopic (exact) mass is 363 g/mol. The lowest BCUT2D eigenvalue weighted by Crippen LogP contribution is -2.14. The Kier molecular flexibility index (Phi) is 4.98. The number of carbonyl (C=O) groups excluding carboxylic acids is 1. The minimum Gasteiger partial charge on any atom is -0.267 e. The number of nitrogens with zero attached hydrogens (tertiary/aromatic N) is 3. The van der Waals surface area contributed by atoms with Gasteiger partial charge in [0.1, 0.15) is 0 Å². The molecule has 0 aromatic heterocycles. The summed E-state index contributed by atoms with van der Waals surface area (Å²) < 4.78 is 0. The molecule has 0 unspecified atom stereocenters. The van der Waals surface area contributed by atoms with Gasteiger partial charge in [-0.2, -0.15) is 0 Å². The molecule has 3 rings (SSSR count). The highest BCUT2D eigenvalue weighted by atomic mass is 16.6. The fourth-order valence-corrected chi connectivity index (χ4v) is 2.62. The van der Waals surface area contributed by atoms with Crippen LogP contribution < -0.4 is 0 Å². The molecule has 0 heterocycles. The van der Waals surface area contributed by atoms with Gasteiger partial charge in [-0.25, -0.2) is 4.99 Å². The van der Waals surface area contributed by atoms with E-state index in [-0.39, 0.29) is 23.5 Å². The molecule has 8 nitrogen and oxygen atoms in total. The first kappa shape index (κ1) is 17.9. The van der Waals surface area contributed by atoms with Gasteiger partial charge in [0, 0.05) is 29.3 Å². The maximum Gasteiger partial charge on any atom is 0.277 e. The van der Waals surface area contributed by atoms with Crippen molar-refractivity contribution >= 4 is 22.9 Å². The fourth-order valence-electron chi connectivity index (χ4n) is 2.62. The quantitative estimate of drug-likeness (QED) is 0.605. The molecule has 0 bridgehead atoms. The molecule has 0 fully saturated rings. The zero-order chi connectivity index (χ0) is 19.4. The van der Waals surface area contributed by atoms with Crippen LogP contribution >= 0.6 is 0 Å². The summed E-state index contributed by atoms with van der Waals surface area (Å²) in [5.74, 6) is -0.511. The molecule has 0 saturated carbocycles. The number of carbonyl (C=O) groups is 1. The SMILES string of the molecule is O=C(N=C1CC([N+](=O)[O-])=CC=C1c1ccc([N+](=O)[O-])cc1)c1ccccc1. The highest BCUT2D eigenvalue weighted by Crippen LogP contribution is 2.27. The first-order chi connectivity index (χ1) is 13.0. The van der Waals surface area contributed by atoms with Gasteiger partial charge in [-0.05, 0) is 35.9 Å². The van der Waals surface area contributed by atoms with E-state index in [4.69, 9.17) is 0 Å². The summed E-state index contributed by atoms with van der Waals surface area (Å²) in [5, 5.41) is 21.9. The molecule has 27 heavy (non-hydrogen) atoms. The molecular weight excluding hydrogens is 350 g/mol. The molecule has 134 valence electrons. The Labute approximate surface area is 153 Å². The van der Waals surface area contributed by atoms with E-state index >= 15 is 0 Å². The van der Waals surface area contributed by atoms with Crippen molar-refractivity contribution in [3.8, 4) is 0 Å². The molecule has 8 heteroatoms. The normalized spacial score (nSPS) is 15.0. The molecule has 0 atom stereocenters. The molecule has 0 spiro atoms. The Morgan fingerprint density at radius 3 is 2.15 bits per heavy atom. The Balaban J connectivity index is 2.01. The number of aliphatic imine (C=N–C) groups is 1.